The molecule has 3 heteroatoms. The van der Waals surface area contributed by atoms with Crippen LogP contribution in [0.4, 0.5) is 0 Å². The molecule has 3 aromatic carbocycles. The lowest BCUT2D eigenvalue weighted by atomic mass is 9.85. The van der Waals surface area contributed by atoms with Crippen molar-refractivity contribution in [2.45, 2.75) is 26.2 Å². The SMILES string of the molecule is CC(C)(C)c1ccccc1-n1c2ccccc2c2ccc(O)c(O)c21. The van der Waals surface area contributed by atoms with E-state index in [0.717, 1.165) is 22.0 Å². The molecule has 0 radical (unpaired) electrons. The summed E-state index contributed by atoms with van der Waals surface area (Å²) < 4.78 is 2.06. The highest BCUT2D eigenvalue weighted by atomic mass is 16.3. The van der Waals surface area contributed by atoms with Gasteiger partial charge in [0.15, 0.2) is 11.5 Å². The van der Waals surface area contributed by atoms with Crippen molar-refractivity contribution >= 4 is 21.8 Å². The maximum Gasteiger partial charge on any atom is 0.182 e. The fourth-order valence-electron chi connectivity index (χ4n) is 3.58. The Morgan fingerprint density at radius 3 is 2.20 bits per heavy atom. The highest BCUT2D eigenvalue weighted by Crippen LogP contribution is 2.42. The van der Waals surface area contributed by atoms with E-state index in [9.17, 15) is 10.2 Å². The third-order valence-electron chi connectivity index (χ3n) is 4.74. The third kappa shape index (κ3) is 2.27. The van der Waals surface area contributed by atoms with Crippen molar-refractivity contribution in [2.24, 2.45) is 0 Å². The first-order valence-corrected chi connectivity index (χ1v) is 8.43. The van der Waals surface area contributed by atoms with Crippen LogP contribution in [-0.2, 0) is 5.41 Å². The largest absolute Gasteiger partial charge is 0.504 e. The van der Waals surface area contributed by atoms with Gasteiger partial charge in [-0.25, -0.2) is 0 Å². The van der Waals surface area contributed by atoms with Crippen molar-refractivity contribution < 1.29 is 10.2 Å². The van der Waals surface area contributed by atoms with Gasteiger partial charge >= 0.3 is 0 Å². The summed E-state index contributed by atoms with van der Waals surface area (Å²) in [5, 5.41) is 22.7. The number of rotatable bonds is 1. The molecule has 0 amide bonds. The summed E-state index contributed by atoms with van der Waals surface area (Å²) in [6.07, 6.45) is 0. The van der Waals surface area contributed by atoms with Crippen LogP contribution in [0.3, 0.4) is 0 Å². The number of aromatic hydroxyl groups is 2. The maximum atomic E-state index is 10.6. The van der Waals surface area contributed by atoms with Crippen LogP contribution in [0.5, 0.6) is 11.5 Å². The van der Waals surface area contributed by atoms with Crippen molar-refractivity contribution in [3.63, 3.8) is 0 Å². The average molecular weight is 331 g/mol. The first kappa shape index (κ1) is 15.6. The molecule has 1 heterocycles. The zero-order valence-electron chi connectivity index (χ0n) is 14.6. The van der Waals surface area contributed by atoms with Crippen LogP contribution < -0.4 is 0 Å². The molecule has 0 aliphatic rings. The molecule has 0 saturated heterocycles. The van der Waals surface area contributed by atoms with E-state index in [-0.39, 0.29) is 16.9 Å². The predicted molar refractivity (Wildman–Crippen MR) is 103 cm³/mol. The molecular weight excluding hydrogens is 310 g/mol. The van der Waals surface area contributed by atoms with Gasteiger partial charge in [-0.05, 0) is 35.2 Å². The zero-order valence-corrected chi connectivity index (χ0v) is 14.6. The van der Waals surface area contributed by atoms with E-state index in [1.54, 1.807) is 6.07 Å². The molecule has 0 atom stereocenters. The van der Waals surface area contributed by atoms with E-state index in [1.165, 1.54) is 5.56 Å². The van der Waals surface area contributed by atoms with Crippen LogP contribution in [-0.4, -0.2) is 14.8 Å². The molecule has 126 valence electrons. The second kappa shape index (κ2) is 5.28. The smallest absolute Gasteiger partial charge is 0.182 e. The Morgan fingerprint density at radius 2 is 1.44 bits per heavy atom. The van der Waals surface area contributed by atoms with Gasteiger partial charge in [-0.15, -0.1) is 0 Å². The van der Waals surface area contributed by atoms with Crippen molar-refractivity contribution in [2.75, 3.05) is 0 Å². The first-order chi connectivity index (χ1) is 11.9. The maximum absolute atomic E-state index is 10.6. The van der Waals surface area contributed by atoms with Crippen LogP contribution in [0.1, 0.15) is 26.3 Å². The molecule has 0 aliphatic carbocycles. The number of phenolic OH excluding ortho intramolecular Hbond substituents is 2. The molecule has 4 aromatic rings. The molecule has 0 bridgehead atoms. The first-order valence-electron chi connectivity index (χ1n) is 8.43. The standard InChI is InChI=1S/C22H21NO2/c1-22(2,3)16-9-5-7-11-18(16)23-17-10-6-4-8-14(17)15-12-13-19(24)21(25)20(15)23/h4-13,24-25H,1-3H3. The van der Waals surface area contributed by atoms with Crippen LogP contribution in [0.15, 0.2) is 60.7 Å². The van der Waals surface area contributed by atoms with E-state index < -0.39 is 0 Å². The summed E-state index contributed by atoms with van der Waals surface area (Å²) in [7, 11) is 0. The summed E-state index contributed by atoms with van der Waals surface area (Å²) in [4.78, 5) is 0. The number of hydrogen-bond acceptors (Lipinski definition) is 2. The van der Waals surface area contributed by atoms with Gasteiger partial charge in [-0.2, -0.15) is 0 Å². The predicted octanol–water partition coefficient (Wildman–Crippen LogP) is 5.49. The molecule has 0 fully saturated rings. The minimum absolute atomic E-state index is 0.0548. The number of benzene rings is 3. The Kier molecular flexibility index (Phi) is 3.29. The third-order valence-corrected chi connectivity index (χ3v) is 4.74. The summed E-state index contributed by atoms with van der Waals surface area (Å²) in [6, 6.07) is 19.7. The number of fused-ring (bicyclic) bond motifs is 3. The second-order valence-corrected chi connectivity index (χ2v) is 7.45. The monoisotopic (exact) mass is 331 g/mol. The van der Waals surface area contributed by atoms with Gasteiger partial charge in [0.2, 0.25) is 0 Å². The van der Waals surface area contributed by atoms with E-state index in [1.807, 2.05) is 42.5 Å². The topological polar surface area (TPSA) is 45.4 Å². The summed E-state index contributed by atoms with van der Waals surface area (Å²) in [6.45, 7) is 6.53. The van der Waals surface area contributed by atoms with Gasteiger partial charge in [0.05, 0.1) is 11.2 Å². The Hall–Kier alpha value is -2.94. The minimum atomic E-state index is -0.107. The van der Waals surface area contributed by atoms with Crippen LogP contribution in [0.2, 0.25) is 0 Å². The zero-order chi connectivity index (χ0) is 17.8. The molecule has 0 spiro atoms. The van der Waals surface area contributed by atoms with E-state index in [2.05, 4.69) is 37.5 Å². The van der Waals surface area contributed by atoms with Crippen LogP contribution in [0.25, 0.3) is 27.5 Å². The molecule has 3 nitrogen and oxygen atoms in total. The number of para-hydroxylation sites is 2. The average Bonchev–Trinajstić information content (AvgIpc) is 2.92. The van der Waals surface area contributed by atoms with Crippen molar-refractivity contribution in [3.05, 3.63) is 66.2 Å². The molecule has 0 aliphatic heterocycles. The van der Waals surface area contributed by atoms with E-state index in [0.29, 0.717) is 5.52 Å². The Morgan fingerprint density at radius 1 is 0.760 bits per heavy atom. The number of nitrogens with zero attached hydrogens (tertiary/aromatic N) is 1. The highest BCUT2D eigenvalue weighted by molar-refractivity contribution is 6.11. The Labute approximate surface area is 146 Å². The molecular formula is C22H21NO2. The lowest BCUT2D eigenvalue weighted by Gasteiger charge is -2.24. The van der Waals surface area contributed by atoms with Crippen molar-refractivity contribution in [1.82, 2.24) is 4.57 Å². The number of aromatic nitrogens is 1. The molecule has 0 saturated carbocycles. The quantitative estimate of drug-likeness (QED) is 0.453. The molecule has 0 unspecified atom stereocenters. The summed E-state index contributed by atoms with van der Waals surface area (Å²) >= 11 is 0. The highest BCUT2D eigenvalue weighted by Gasteiger charge is 2.23. The van der Waals surface area contributed by atoms with Gasteiger partial charge < -0.3 is 14.8 Å². The van der Waals surface area contributed by atoms with Crippen molar-refractivity contribution in [3.8, 4) is 17.2 Å². The summed E-state index contributed by atoms with van der Waals surface area (Å²) in [5.74, 6) is -0.192. The fourth-order valence-corrected chi connectivity index (χ4v) is 3.58. The molecule has 2 N–H and O–H groups in total. The van der Waals surface area contributed by atoms with Gasteiger partial charge in [0, 0.05) is 10.8 Å². The van der Waals surface area contributed by atoms with Crippen LogP contribution in [0, 0.1) is 0 Å². The second-order valence-electron chi connectivity index (χ2n) is 7.45. The number of hydrogen-bond donors (Lipinski definition) is 2. The van der Waals surface area contributed by atoms with E-state index >= 15 is 0 Å². The lowest BCUT2D eigenvalue weighted by Crippen LogP contribution is -2.15. The molecule has 25 heavy (non-hydrogen) atoms. The van der Waals surface area contributed by atoms with Gasteiger partial charge in [-0.3, -0.25) is 0 Å². The Bertz CT molecular complexity index is 1100. The van der Waals surface area contributed by atoms with Gasteiger partial charge in [0.25, 0.3) is 0 Å². The number of phenols is 2. The molecule has 4 rings (SSSR count). The lowest BCUT2D eigenvalue weighted by molar-refractivity contribution is 0.407. The fraction of sp³-hybridized carbons (Fsp3) is 0.182. The summed E-state index contributed by atoms with van der Waals surface area (Å²) in [5.41, 5.74) is 3.79. The normalized spacial score (nSPS) is 12.1. The van der Waals surface area contributed by atoms with Crippen molar-refractivity contribution in [1.29, 1.82) is 0 Å². The Balaban J connectivity index is 2.24. The van der Waals surface area contributed by atoms with E-state index in [4.69, 9.17) is 0 Å². The van der Waals surface area contributed by atoms with Gasteiger partial charge in [0.1, 0.15) is 5.52 Å². The molecule has 1 aromatic heterocycles. The van der Waals surface area contributed by atoms with Gasteiger partial charge in [-0.1, -0.05) is 57.2 Å². The van der Waals surface area contributed by atoms with Crippen LogP contribution >= 0.6 is 0 Å². The minimum Gasteiger partial charge on any atom is -0.504 e.